The smallest absolute Gasteiger partial charge is 0.397 e. The minimum atomic E-state index is -5.07. The van der Waals surface area contributed by atoms with Crippen LogP contribution in [0.3, 0.4) is 0 Å². The molecule has 6 unspecified atom stereocenters. The van der Waals surface area contributed by atoms with Crippen LogP contribution >= 0.6 is 0 Å². The Labute approximate surface area is 466 Å². The van der Waals surface area contributed by atoms with Crippen LogP contribution in [0.25, 0.3) is 0 Å². The van der Waals surface area contributed by atoms with Gasteiger partial charge in [-0.05, 0) is 51.4 Å². The number of allylic oxidation sites excluding steroid dienone is 6. The summed E-state index contributed by atoms with van der Waals surface area (Å²) in [6, 6.07) is 0. The van der Waals surface area contributed by atoms with Gasteiger partial charge in [-0.15, -0.1) is 0 Å². The second-order valence-electron chi connectivity index (χ2n) is 22.0. The van der Waals surface area contributed by atoms with Gasteiger partial charge in [-0.1, -0.05) is 275 Å². The van der Waals surface area contributed by atoms with Gasteiger partial charge in [0, 0.05) is 13.0 Å². The fourth-order valence-corrected chi connectivity index (χ4v) is 10.5. The van der Waals surface area contributed by atoms with Crippen LogP contribution < -0.4 is 0 Å². The van der Waals surface area contributed by atoms with E-state index in [4.69, 9.17) is 18.9 Å². The van der Waals surface area contributed by atoms with E-state index in [2.05, 4.69) is 54.5 Å². The van der Waals surface area contributed by atoms with Crippen molar-refractivity contribution in [2.45, 2.75) is 333 Å². The molecule has 13 heteroatoms. The van der Waals surface area contributed by atoms with E-state index in [1.165, 1.54) is 212 Å². The van der Waals surface area contributed by atoms with Crippen LogP contribution in [0, 0.1) is 0 Å². The largest absolute Gasteiger partial charge is 0.457 e. The van der Waals surface area contributed by atoms with E-state index in [9.17, 15) is 33.1 Å². The lowest BCUT2D eigenvalue weighted by Crippen LogP contribution is -2.60. The normalized spacial score (nSPS) is 18.7. The highest BCUT2D eigenvalue weighted by atomic mass is 32.3. The van der Waals surface area contributed by atoms with E-state index in [1.807, 2.05) is 0 Å². The summed E-state index contributed by atoms with van der Waals surface area (Å²) in [5.41, 5.74) is 0. The predicted molar refractivity (Wildman–Crippen MR) is 313 cm³/mol. The first kappa shape index (κ1) is 72.3. The number of hydrogen-bond donors (Lipinski definition) is 4. The van der Waals surface area contributed by atoms with Gasteiger partial charge >= 0.3 is 16.4 Å². The number of aliphatic hydroxyl groups excluding tert-OH is 3. The highest BCUT2D eigenvalue weighted by Gasteiger charge is 2.48. The molecule has 448 valence electrons. The highest BCUT2D eigenvalue weighted by Crippen LogP contribution is 2.26. The van der Waals surface area contributed by atoms with E-state index >= 15 is 0 Å². The quantitative estimate of drug-likeness (QED) is 0.0196. The van der Waals surface area contributed by atoms with Gasteiger partial charge in [-0.25, -0.2) is 4.18 Å². The summed E-state index contributed by atoms with van der Waals surface area (Å²) in [7, 11) is -5.07. The molecule has 1 fully saturated rings. The number of rotatable bonds is 57. The lowest BCUT2D eigenvalue weighted by atomic mass is 9.99. The summed E-state index contributed by atoms with van der Waals surface area (Å²) in [5.74, 6) is -0.397. The van der Waals surface area contributed by atoms with Crippen LogP contribution in [0.1, 0.15) is 296 Å². The third kappa shape index (κ3) is 46.1. The van der Waals surface area contributed by atoms with Crippen LogP contribution in [-0.2, 0) is 38.3 Å². The number of ether oxygens (including phenoxy) is 4. The van der Waals surface area contributed by atoms with Crippen LogP contribution in [-0.4, -0.2) is 97.5 Å². The Kier molecular flexibility index (Phi) is 51.3. The predicted octanol–water partition coefficient (Wildman–Crippen LogP) is 16.4. The second-order valence-corrected chi connectivity index (χ2v) is 23.1. The Morgan fingerprint density at radius 2 is 0.868 bits per heavy atom. The first-order valence-corrected chi connectivity index (χ1v) is 33.1. The summed E-state index contributed by atoms with van der Waals surface area (Å²) in [4.78, 5) is 13.0. The topological polar surface area (TPSA) is 178 Å². The number of carbonyl (C=O) groups is 1. The zero-order valence-electron chi connectivity index (χ0n) is 48.8. The van der Waals surface area contributed by atoms with E-state index in [1.54, 1.807) is 0 Å². The average molecular weight is 1100 g/mol. The standard InChI is InChI=1S/C63H118O12S/c1-3-5-7-9-11-13-15-17-19-21-23-25-27-29-30-32-34-36-38-40-42-44-46-48-50-52-59(65)73-57(56-72-63-61(67)62(75-76(68,69)70)60(66)58(54-64)74-63)55-71-53-51-49-47-45-43-41-39-37-35-33-31-28-26-24-22-20-18-16-14-12-10-8-6-4-2/h15,17,21,23,27,29,57-58,60-64,66-67H,3-14,16,18-20,22,24-26,28,30-56H2,1-2H3,(H,68,69,70)/b17-15-,23-21-,29-27-. The average Bonchev–Trinajstić information content (AvgIpc) is 3.40. The molecule has 12 nitrogen and oxygen atoms in total. The Hall–Kier alpha value is -1.68. The molecule has 1 aliphatic heterocycles. The minimum Gasteiger partial charge on any atom is -0.457 e. The maximum absolute atomic E-state index is 13.0. The van der Waals surface area contributed by atoms with Crippen LogP contribution in [0.2, 0.25) is 0 Å². The summed E-state index contributed by atoms with van der Waals surface area (Å²) >= 11 is 0. The molecule has 1 aliphatic rings. The van der Waals surface area contributed by atoms with E-state index in [-0.39, 0.29) is 19.6 Å². The first-order chi connectivity index (χ1) is 37.1. The van der Waals surface area contributed by atoms with Crippen LogP contribution in [0.4, 0.5) is 0 Å². The van der Waals surface area contributed by atoms with Gasteiger partial charge in [0.15, 0.2) is 6.29 Å². The van der Waals surface area contributed by atoms with Crippen molar-refractivity contribution in [2.24, 2.45) is 0 Å². The van der Waals surface area contributed by atoms with Crippen molar-refractivity contribution in [1.82, 2.24) is 0 Å². The Bertz CT molecular complexity index is 1460. The van der Waals surface area contributed by atoms with Gasteiger partial charge in [0.2, 0.25) is 0 Å². The van der Waals surface area contributed by atoms with Crippen molar-refractivity contribution >= 4 is 16.4 Å². The van der Waals surface area contributed by atoms with E-state index in [0.717, 1.165) is 57.8 Å². The molecular weight excluding hydrogens is 981 g/mol. The molecule has 0 saturated carbocycles. The number of unbranched alkanes of at least 4 members (excludes halogenated alkanes) is 38. The summed E-state index contributed by atoms with van der Waals surface area (Å²) < 4.78 is 59.6. The van der Waals surface area contributed by atoms with Crippen molar-refractivity contribution in [1.29, 1.82) is 0 Å². The zero-order chi connectivity index (χ0) is 55.3. The first-order valence-electron chi connectivity index (χ1n) is 31.7. The summed E-state index contributed by atoms with van der Waals surface area (Å²) in [5, 5.41) is 30.9. The molecule has 6 atom stereocenters. The molecule has 0 aromatic rings. The molecular formula is C63H118O12S. The SMILES string of the molecule is CCCCCCC/C=C\C/C=C\C/C=C\CCCCCCCCCCCCC(=O)OC(COCCCCCCCCCCCCCCCCCCCCCCCCCC)COC1OC(CO)C(O)C(OS(=O)(=O)O)C1O. The molecule has 1 heterocycles. The molecule has 0 spiro atoms. The molecule has 1 rings (SSSR count). The van der Waals surface area contributed by atoms with E-state index < -0.39 is 59.8 Å². The third-order valence-corrected chi connectivity index (χ3v) is 15.2. The van der Waals surface area contributed by atoms with Gasteiger partial charge in [0.25, 0.3) is 0 Å². The fourth-order valence-electron chi connectivity index (χ4n) is 9.98. The lowest BCUT2D eigenvalue weighted by molar-refractivity contribution is -0.301. The Balaban J connectivity index is 2.25. The van der Waals surface area contributed by atoms with Crippen molar-refractivity contribution in [3.8, 4) is 0 Å². The minimum absolute atomic E-state index is 0.0386. The monoisotopic (exact) mass is 1100 g/mol. The van der Waals surface area contributed by atoms with Gasteiger partial charge in [-0.3, -0.25) is 9.35 Å². The maximum Gasteiger partial charge on any atom is 0.397 e. The van der Waals surface area contributed by atoms with Crippen molar-refractivity contribution in [3.05, 3.63) is 36.5 Å². The lowest BCUT2D eigenvalue weighted by Gasteiger charge is -2.41. The van der Waals surface area contributed by atoms with Gasteiger partial charge < -0.3 is 34.3 Å². The molecule has 0 bridgehead atoms. The second kappa shape index (κ2) is 53.9. The molecule has 0 radical (unpaired) electrons. The number of carbonyl (C=O) groups excluding carboxylic acids is 1. The third-order valence-electron chi connectivity index (χ3n) is 14.8. The Morgan fingerprint density at radius 1 is 0.500 bits per heavy atom. The number of esters is 1. The van der Waals surface area contributed by atoms with Crippen molar-refractivity contribution in [2.75, 3.05) is 26.4 Å². The molecule has 1 saturated heterocycles. The molecule has 76 heavy (non-hydrogen) atoms. The molecule has 0 aliphatic carbocycles. The molecule has 0 aromatic heterocycles. The maximum atomic E-state index is 13.0. The van der Waals surface area contributed by atoms with Gasteiger partial charge in [-0.2, -0.15) is 8.42 Å². The molecule has 4 N–H and O–H groups in total. The van der Waals surface area contributed by atoms with E-state index in [0.29, 0.717) is 13.0 Å². The van der Waals surface area contributed by atoms with Crippen molar-refractivity contribution in [3.63, 3.8) is 0 Å². The van der Waals surface area contributed by atoms with Crippen LogP contribution in [0.15, 0.2) is 36.5 Å². The summed E-state index contributed by atoms with van der Waals surface area (Å²) in [6.07, 6.45) is 59.0. The Morgan fingerprint density at radius 3 is 1.26 bits per heavy atom. The molecule has 0 aromatic carbocycles. The summed E-state index contributed by atoms with van der Waals surface area (Å²) in [6.45, 7) is 4.05. The zero-order valence-corrected chi connectivity index (χ0v) is 49.6. The fraction of sp³-hybridized carbons (Fsp3) is 0.889. The van der Waals surface area contributed by atoms with Gasteiger partial charge in [0.05, 0.1) is 19.8 Å². The van der Waals surface area contributed by atoms with Crippen molar-refractivity contribution < 1.29 is 56.2 Å². The number of hydrogen-bond acceptors (Lipinski definition) is 11. The highest BCUT2D eigenvalue weighted by molar-refractivity contribution is 7.80. The van der Waals surface area contributed by atoms with Gasteiger partial charge in [0.1, 0.15) is 30.5 Å². The van der Waals surface area contributed by atoms with Crippen LogP contribution in [0.5, 0.6) is 0 Å². The molecule has 0 amide bonds. The number of aliphatic hydroxyl groups is 3.